The SMILES string of the molecule is COc1cc(CC(C(=O)O)c2ccc(N)cc2)cc([N+](=O)[O-])c1OC. The normalized spacial score (nSPS) is 11.6. The van der Waals surface area contributed by atoms with Crippen LogP contribution in [-0.2, 0) is 11.2 Å². The van der Waals surface area contributed by atoms with E-state index in [0.717, 1.165) is 0 Å². The number of aliphatic carboxylic acids is 1. The minimum atomic E-state index is -1.04. The van der Waals surface area contributed by atoms with Gasteiger partial charge in [-0.05, 0) is 35.7 Å². The third-order valence-electron chi connectivity index (χ3n) is 3.79. The number of methoxy groups -OCH3 is 2. The molecule has 0 saturated heterocycles. The lowest BCUT2D eigenvalue weighted by atomic mass is 9.91. The zero-order chi connectivity index (χ0) is 18.6. The molecule has 8 heteroatoms. The second-order valence-corrected chi connectivity index (χ2v) is 5.37. The van der Waals surface area contributed by atoms with Gasteiger partial charge in [-0.3, -0.25) is 14.9 Å². The van der Waals surface area contributed by atoms with E-state index in [1.54, 1.807) is 30.3 Å². The number of carboxylic acids is 1. The van der Waals surface area contributed by atoms with E-state index in [1.165, 1.54) is 20.3 Å². The maximum absolute atomic E-state index is 11.7. The minimum Gasteiger partial charge on any atom is -0.493 e. The highest BCUT2D eigenvalue weighted by Crippen LogP contribution is 2.39. The molecule has 0 aromatic heterocycles. The fourth-order valence-electron chi connectivity index (χ4n) is 2.56. The number of nitro groups is 1. The van der Waals surface area contributed by atoms with E-state index >= 15 is 0 Å². The number of nitro benzene ring substituents is 1. The summed E-state index contributed by atoms with van der Waals surface area (Å²) < 4.78 is 10.2. The summed E-state index contributed by atoms with van der Waals surface area (Å²) in [4.78, 5) is 22.3. The molecule has 0 fully saturated rings. The van der Waals surface area contributed by atoms with E-state index in [0.29, 0.717) is 16.8 Å². The van der Waals surface area contributed by atoms with Gasteiger partial charge in [0.15, 0.2) is 5.75 Å². The first-order chi connectivity index (χ1) is 11.9. The molecule has 2 aromatic carbocycles. The summed E-state index contributed by atoms with van der Waals surface area (Å²) in [7, 11) is 2.67. The zero-order valence-electron chi connectivity index (χ0n) is 13.8. The van der Waals surface area contributed by atoms with Crippen LogP contribution in [0.1, 0.15) is 17.0 Å². The first-order valence-corrected chi connectivity index (χ1v) is 7.35. The Kier molecular flexibility index (Phi) is 5.43. The van der Waals surface area contributed by atoms with Crippen LogP contribution in [0.2, 0.25) is 0 Å². The van der Waals surface area contributed by atoms with Crippen LogP contribution in [0.4, 0.5) is 11.4 Å². The molecule has 0 spiro atoms. The van der Waals surface area contributed by atoms with Crippen molar-refractivity contribution >= 4 is 17.3 Å². The Morgan fingerprint density at radius 2 is 1.88 bits per heavy atom. The third-order valence-corrected chi connectivity index (χ3v) is 3.79. The van der Waals surface area contributed by atoms with Crippen LogP contribution < -0.4 is 15.2 Å². The summed E-state index contributed by atoms with van der Waals surface area (Å²) in [6.07, 6.45) is 0.0560. The molecule has 0 saturated carbocycles. The van der Waals surface area contributed by atoms with Crippen LogP contribution in [0.3, 0.4) is 0 Å². The second-order valence-electron chi connectivity index (χ2n) is 5.37. The molecule has 0 aliphatic heterocycles. The highest BCUT2D eigenvalue weighted by molar-refractivity contribution is 5.77. The topological polar surface area (TPSA) is 125 Å². The molecule has 0 heterocycles. The Morgan fingerprint density at radius 1 is 1.24 bits per heavy atom. The maximum atomic E-state index is 11.7. The molecule has 8 nitrogen and oxygen atoms in total. The monoisotopic (exact) mass is 346 g/mol. The summed E-state index contributed by atoms with van der Waals surface area (Å²) in [6.45, 7) is 0. The van der Waals surface area contributed by atoms with Gasteiger partial charge in [0.1, 0.15) is 0 Å². The van der Waals surface area contributed by atoms with E-state index in [1.807, 2.05) is 0 Å². The van der Waals surface area contributed by atoms with Crippen LogP contribution in [-0.4, -0.2) is 30.2 Å². The van der Waals surface area contributed by atoms with Gasteiger partial charge in [-0.1, -0.05) is 12.1 Å². The number of benzene rings is 2. The van der Waals surface area contributed by atoms with Crippen molar-refractivity contribution in [1.29, 1.82) is 0 Å². The molecule has 132 valence electrons. The first-order valence-electron chi connectivity index (χ1n) is 7.35. The van der Waals surface area contributed by atoms with Crippen molar-refractivity contribution in [1.82, 2.24) is 0 Å². The van der Waals surface area contributed by atoms with Crippen molar-refractivity contribution in [3.05, 3.63) is 57.6 Å². The molecule has 0 aliphatic carbocycles. The van der Waals surface area contributed by atoms with Gasteiger partial charge in [-0.2, -0.15) is 0 Å². The molecule has 1 unspecified atom stereocenters. The van der Waals surface area contributed by atoms with Gasteiger partial charge >= 0.3 is 11.7 Å². The van der Waals surface area contributed by atoms with E-state index in [2.05, 4.69) is 0 Å². The predicted octanol–water partition coefficient (Wildman–Crippen LogP) is 2.61. The quantitative estimate of drug-likeness (QED) is 0.448. The molecule has 2 rings (SSSR count). The standard InChI is InChI=1S/C17H18N2O6/c1-24-15-9-10(8-14(19(22)23)16(15)25-2)7-13(17(20)21)11-3-5-12(18)6-4-11/h3-6,8-9,13H,7,18H2,1-2H3,(H,20,21). The molecule has 0 radical (unpaired) electrons. The number of nitrogens with zero attached hydrogens (tertiary/aromatic N) is 1. The molecule has 1 atom stereocenters. The Balaban J connectivity index is 2.45. The smallest absolute Gasteiger partial charge is 0.315 e. The summed E-state index contributed by atoms with van der Waals surface area (Å²) >= 11 is 0. The summed E-state index contributed by atoms with van der Waals surface area (Å²) in [5.41, 5.74) is 6.88. The Hall–Kier alpha value is -3.29. The number of nitrogens with two attached hydrogens (primary N) is 1. The lowest BCUT2D eigenvalue weighted by Crippen LogP contribution is -2.15. The molecule has 0 aliphatic rings. The van der Waals surface area contributed by atoms with Crippen LogP contribution in [0.5, 0.6) is 11.5 Å². The van der Waals surface area contributed by atoms with Crippen molar-refractivity contribution in [2.24, 2.45) is 0 Å². The van der Waals surface area contributed by atoms with Gasteiger partial charge in [0.25, 0.3) is 0 Å². The number of hydrogen-bond acceptors (Lipinski definition) is 6. The predicted molar refractivity (Wildman–Crippen MR) is 91.1 cm³/mol. The number of carboxylic acid groups (broad SMARTS) is 1. The van der Waals surface area contributed by atoms with Crippen LogP contribution in [0.15, 0.2) is 36.4 Å². The first kappa shape index (κ1) is 18.1. The third kappa shape index (κ3) is 3.97. The molecular formula is C17H18N2O6. The Labute approximate surface area is 143 Å². The van der Waals surface area contributed by atoms with Gasteiger partial charge in [0.05, 0.1) is 25.1 Å². The Bertz CT molecular complexity index is 788. The van der Waals surface area contributed by atoms with Crippen LogP contribution in [0.25, 0.3) is 0 Å². The lowest BCUT2D eigenvalue weighted by Gasteiger charge is -2.15. The maximum Gasteiger partial charge on any atom is 0.315 e. The average molecular weight is 346 g/mol. The van der Waals surface area contributed by atoms with Crippen molar-refractivity contribution in [3.63, 3.8) is 0 Å². The average Bonchev–Trinajstić information content (AvgIpc) is 2.59. The number of rotatable bonds is 7. The number of anilines is 1. The van der Waals surface area contributed by atoms with Gasteiger partial charge in [-0.25, -0.2) is 0 Å². The van der Waals surface area contributed by atoms with E-state index in [-0.39, 0.29) is 23.6 Å². The van der Waals surface area contributed by atoms with Crippen molar-refractivity contribution < 1.29 is 24.3 Å². The second kappa shape index (κ2) is 7.52. The number of ether oxygens (including phenoxy) is 2. The molecule has 25 heavy (non-hydrogen) atoms. The van der Waals surface area contributed by atoms with Crippen LogP contribution in [0, 0.1) is 10.1 Å². The van der Waals surface area contributed by atoms with Crippen molar-refractivity contribution in [2.75, 3.05) is 20.0 Å². The van der Waals surface area contributed by atoms with Crippen molar-refractivity contribution in [3.8, 4) is 11.5 Å². The summed E-state index contributed by atoms with van der Waals surface area (Å²) in [6, 6.07) is 9.32. The minimum absolute atomic E-state index is 0.00407. The van der Waals surface area contributed by atoms with Gasteiger partial charge in [-0.15, -0.1) is 0 Å². The number of hydrogen-bond donors (Lipinski definition) is 2. The largest absolute Gasteiger partial charge is 0.493 e. The molecule has 2 aromatic rings. The fraction of sp³-hybridized carbons (Fsp3) is 0.235. The molecular weight excluding hydrogens is 328 g/mol. The highest BCUT2D eigenvalue weighted by Gasteiger charge is 2.25. The van der Waals surface area contributed by atoms with E-state index in [9.17, 15) is 20.0 Å². The van der Waals surface area contributed by atoms with Gasteiger partial charge < -0.3 is 20.3 Å². The summed E-state index contributed by atoms with van der Waals surface area (Å²) in [5, 5.41) is 20.8. The van der Waals surface area contributed by atoms with Crippen LogP contribution >= 0.6 is 0 Å². The lowest BCUT2D eigenvalue weighted by molar-refractivity contribution is -0.385. The molecule has 3 N–H and O–H groups in total. The molecule has 0 bridgehead atoms. The Morgan fingerprint density at radius 3 is 2.36 bits per heavy atom. The van der Waals surface area contributed by atoms with E-state index in [4.69, 9.17) is 15.2 Å². The van der Waals surface area contributed by atoms with Gasteiger partial charge in [0, 0.05) is 11.8 Å². The number of carbonyl (C=O) groups is 1. The zero-order valence-corrected chi connectivity index (χ0v) is 13.8. The molecule has 0 amide bonds. The fourth-order valence-corrected chi connectivity index (χ4v) is 2.56. The van der Waals surface area contributed by atoms with Crippen molar-refractivity contribution in [2.45, 2.75) is 12.3 Å². The highest BCUT2D eigenvalue weighted by atomic mass is 16.6. The van der Waals surface area contributed by atoms with E-state index < -0.39 is 16.8 Å². The summed E-state index contributed by atoms with van der Waals surface area (Å²) in [5.74, 6) is -1.75. The number of nitrogen functional groups attached to an aromatic ring is 1. The van der Waals surface area contributed by atoms with Gasteiger partial charge in [0.2, 0.25) is 5.75 Å².